The van der Waals surface area contributed by atoms with Crippen LogP contribution >= 0.6 is 11.6 Å². The van der Waals surface area contributed by atoms with E-state index in [4.69, 9.17) is 25.8 Å². The first-order valence-corrected chi connectivity index (χ1v) is 7.85. The fraction of sp³-hybridized carbons (Fsp3) is 0.167. The maximum Gasteiger partial charge on any atom is 0.248 e. The zero-order chi connectivity index (χ0) is 16.9. The third-order valence-corrected chi connectivity index (χ3v) is 3.60. The minimum Gasteiger partial charge on any atom is -0.492 e. The van der Waals surface area contributed by atoms with Crippen LogP contribution in [0, 0.1) is 0 Å². The number of ether oxygens (including phenoxy) is 3. The van der Waals surface area contributed by atoms with Gasteiger partial charge in [0, 0.05) is 6.08 Å². The molecule has 24 heavy (non-hydrogen) atoms. The number of nitrogens with one attached hydrogen (secondary N) is 1. The van der Waals surface area contributed by atoms with E-state index in [1.54, 1.807) is 30.3 Å². The quantitative estimate of drug-likeness (QED) is 0.828. The molecule has 0 fully saturated rings. The van der Waals surface area contributed by atoms with E-state index in [0.717, 1.165) is 5.56 Å². The molecule has 0 radical (unpaired) electrons. The minimum atomic E-state index is -0.268. The van der Waals surface area contributed by atoms with Crippen LogP contribution in [0.25, 0.3) is 6.08 Å². The maximum atomic E-state index is 12.1. The maximum absolute atomic E-state index is 12.1. The lowest BCUT2D eigenvalue weighted by Gasteiger charge is -2.09. The van der Waals surface area contributed by atoms with Gasteiger partial charge >= 0.3 is 0 Å². The van der Waals surface area contributed by atoms with E-state index in [1.807, 2.05) is 19.1 Å². The van der Waals surface area contributed by atoms with Gasteiger partial charge in [-0.1, -0.05) is 23.7 Å². The predicted molar refractivity (Wildman–Crippen MR) is 92.8 cm³/mol. The van der Waals surface area contributed by atoms with Crippen LogP contribution in [0.4, 0.5) is 5.69 Å². The van der Waals surface area contributed by atoms with Crippen LogP contribution in [0.3, 0.4) is 0 Å². The average Bonchev–Trinajstić information content (AvgIpc) is 3.04. The number of hydrogen-bond donors (Lipinski definition) is 1. The molecule has 2 aromatic rings. The van der Waals surface area contributed by atoms with Gasteiger partial charge in [-0.3, -0.25) is 4.79 Å². The number of anilines is 1. The Labute approximate surface area is 144 Å². The Morgan fingerprint density at radius 2 is 2.17 bits per heavy atom. The van der Waals surface area contributed by atoms with Gasteiger partial charge in [-0.2, -0.15) is 0 Å². The van der Waals surface area contributed by atoms with Crippen molar-refractivity contribution in [3.63, 3.8) is 0 Å². The Bertz CT molecular complexity index is 789. The number of amides is 1. The summed E-state index contributed by atoms with van der Waals surface area (Å²) in [6, 6.07) is 10.8. The molecule has 0 aromatic heterocycles. The fourth-order valence-corrected chi connectivity index (χ4v) is 2.55. The van der Waals surface area contributed by atoms with Crippen LogP contribution in [0.15, 0.2) is 42.5 Å². The molecule has 0 saturated carbocycles. The molecule has 1 amide bonds. The van der Waals surface area contributed by atoms with Gasteiger partial charge in [0.15, 0.2) is 11.5 Å². The van der Waals surface area contributed by atoms with E-state index >= 15 is 0 Å². The Hall–Kier alpha value is -2.66. The van der Waals surface area contributed by atoms with E-state index in [-0.39, 0.29) is 12.7 Å². The van der Waals surface area contributed by atoms with Crippen molar-refractivity contribution < 1.29 is 19.0 Å². The van der Waals surface area contributed by atoms with Gasteiger partial charge in [0.2, 0.25) is 12.7 Å². The molecule has 3 rings (SSSR count). The van der Waals surface area contributed by atoms with Crippen LogP contribution in [0.2, 0.25) is 5.02 Å². The molecule has 1 N–H and O–H groups in total. The second kappa shape index (κ2) is 7.27. The molecule has 5 nitrogen and oxygen atoms in total. The van der Waals surface area contributed by atoms with Gasteiger partial charge in [0.1, 0.15) is 5.75 Å². The molecule has 0 unspecified atom stereocenters. The highest BCUT2D eigenvalue weighted by Gasteiger charge is 2.17. The molecule has 0 saturated heterocycles. The molecule has 6 heteroatoms. The molecule has 1 aliphatic heterocycles. The highest BCUT2D eigenvalue weighted by molar-refractivity contribution is 6.32. The van der Waals surface area contributed by atoms with Crippen LogP contribution < -0.4 is 19.5 Å². The molecular formula is C18H16ClNO4. The predicted octanol–water partition coefficient (Wildman–Crippen LogP) is 4.12. The zero-order valence-electron chi connectivity index (χ0n) is 13.0. The summed E-state index contributed by atoms with van der Waals surface area (Å²) >= 11 is 6.12. The van der Waals surface area contributed by atoms with Gasteiger partial charge in [-0.25, -0.2) is 0 Å². The Kier molecular flexibility index (Phi) is 4.91. The molecule has 1 heterocycles. The lowest BCUT2D eigenvalue weighted by Crippen LogP contribution is -2.09. The normalized spacial score (nSPS) is 12.4. The first-order valence-electron chi connectivity index (χ1n) is 7.47. The first-order chi connectivity index (χ1) is 11.7. The van der Waals surface area contributed by atoms with Crippen molar-refractivity contribution in [1.29, 1.82) is 0 Å². The van der Waals surface area contributed by atoms with Crippen LogP contribution in [0.5, 0.6) is 17.2 Å². The summed E-state index contributed by atoms with van der Waals surface area (Å²) in [5.74, 6) is 1.47. The second-order valence-electron chi connectivity index (χ2n) is 4.99. The summed E-state index contributed by atoms with van der Waals surface area (Å²) in [6.45, 7) is 2.57. The summed E-state index contributed by atoms with van der Waals surface area (Å²) in [5, 5.41) is 3.24. The SMILES string of the molecule is CCOc1ccccc1NC(=O)/C=C/c1cc(Cl)c2c(c1)OCO2. The van der Waals surface area contributed by atoms with Crippen molar-refractivity contribution >= 4 is 29.3 Å². The average molecular weight is 346 g/mol. The summed E-state index contributed by atoms with van der Waals surface area (Å²) in [5.41, 5.74) is 1.37. The lowest BCUT2D eigenvalue weighted by molar-refractivity contribution is -0.111. The molecule has 1 aliphatic rings. The molecule has 0 atom stereocenters. The summed E-state index contributed by atoms with van der Waals surface area (Å²) in [4.78, 5) is 12.1. The smallest absolute Gasteiger partial charge is 0.248 e. The monoisotopic (exact) mass is 345 g/mol. The van der Waals surface area contributed by atoms with E-state index < -0.39 is 0 Å². The number of carbonyl (C=O) groups excluding carboxylic acids is 1. The van der Waals surface area contributed by atoms with E-state index in [2.05, 4.69) is 5.32 Å². The number of rotatable bonds is 5. The standard InChI is InChI=1S/C18H16ClNO4/c1-2-22-15-6-4-3-5-14(15)20-17(21)8-7-12-9-13(19)18-16(10-12)23-11-24-18/h3-10H,2,11H2,1H3,(H,20,21)/b8-7+. The topological polar surface area (TPSA) is 56.8 Å². The molecule has 124 valence electrons. The van der Waals surface area contributed by atoms with Crippen molar-refractivity contribution in [2.75, 3.05) is 18.7 Å². The zero-order valence-corrected chi connectivity index (χ0v) is 13.8. The van der Waals surface area contributed by atoms with Crippen LogP contribution in [-0.2, 0) is 4.79 Å². The van der Waals surface area contributed by atoms with E-state index in [0.29, 0.717) is 34.6 Å². The van der Waals surface area contributed by atoms with Gasteiger partial charge in [-0.15, -0.1) is 0 Å². The lowest BCUT2D eigenvalue weighted by atomic mass is 10.2. The Balaban J connectivity index is 1.71. The van der Waals surface area contributed by atoms with Crippen molar-refractivity contribution in [2.24, 2.45) is 0 Å². The molecule has 2 aromatic carbocycles. The van der Waals surface area contributed by atoms with E-state index in [1.165, 1.54) is 6.08 Å². The van der Waals surface area contributed by atoms with Crippen molar-refractivity contribution in [3.8, 4) is 17.2 Å². The highest BCUT2D eigenvalue weighted by Crippen LogP contribution is 2.40. The highest BCUT2D eigenvalue weighted by atomic mass is 35.5. The van der Waals surface area contributed by atoms with Crippen molar-refractivity contribution in [2.45, 2.75) is 6.92 Å². The molecule has 0 spiro atoms. The number of fused-ring (bicyclic) bond motifs is 1. The third kappa shape index (κ3) is 3.63. The first kappa shape index (κ1) is 16.2. The largest absolute Gasteiger partial charge is 0.492 e. The Morgan fingerprint density at radius 3 is 3.00 bits per heavy atom. The van der Waals surface area contributed by atoms with Gasteiger partial charge in [0.05, 0.1) is 17.3 Å². The summed E-state index contributed by atoms with van der Waals surface area (Å²) in [7, 11) is 0. The Morgan fingerprint density at radius 1 is 1.33 bits per heavy atom. The van der Waals surface area contributed by atoms with Gasteiger partial charge < -0.3 is 19.5 Å². The van der Waals surface area contributed by atoms with Crippen molar-refractivity contribution in [1.82, 2.24) is 0 Å². The summed E-state index contributed by atoms with van der Waals surface area (Å²) < 4.78 is 16.0. The number of benzene rings is 2. The number of hydrogen-bond acceptors (Lipinski definition) is 4. The minimum absolute atomic E-state index is 0.150. The molecular weight excluding hydrogens is 330 g/mol. The summed E-state index contributed by atoms with van der Waals surface area (Å²) in [6.07, 6.45) is 3.09. The van der Waals surface area contributed by atoms with Crippen LogP contribution in [0.1, 0.15) is 12.5 Å². The van der Waals surface area contributed by atoms with Gasteiger partial charge in [-0.05, 0) is 42.8 Å². The van der Waals surface area contributed by atoms with E-state index in [9.17, 15) is 4.79 Å². The third-order valence-electron chi connectivity index (χ3n) is 3.32. The molecule has 0 bridgehead atoms. The van der Waals surface area contributed by atoms with Crippen molar-refractivity contribution in [3.05, 3.63) is 53.1 Å². The number of carbonyl (C=O) groups is 1. The number of para-hydroxylation sites is 2. The van der Waals surface area contributed by atoms with Crippen LogP contribution in [-0.4, -0.2) is 19.3 Å². The number of halogens is 1. The second-order valence-corrected chi connectivity index (χ2v) is 5.40. The van der Waals surface area contributed by atoms with Gasteiger partial charge in [0.25, 0.3) is 0 Å². The molecule has 0 aliphatic carbocycles. The fourth-order valence-electron chi connectivity index (χ4n) is 2.28.